The minimum Gasteiger partial charge on any atom is -0.352 e. The highest BCUT2D eigenvalue weighted by Crippen LogP contribution is 2.23. The van der Waals surface area contributed by atoms with Crippen molar-refractivity contribution in [3.8, 4) is 0 Å². The van der Waals surface area contributed by atoms with E-state index in [0.29, 0.717) is 12.5 Å². The number of fused-ring (bicyclic) bond motifs is 1. The Morgan fingerprint density at radius 2 is 2.16 bits per heavy atom. The standard InChI is InChI=1S/C16H23N7OS/c1-21-15-13(9-20-21)16(19-11-18-15)23-5-3-22(4-6-23)14(24)8-12-10-25-7-2-17-12/h9,11-12,17H,2-8,10H2,1H3. The number of anilines is 1. The van der Waals surface area contributed by atoms with Crippen molar-refractivity contribution in [2.45, 2.75) is 12.5 Å². The molecular formula is C16H23N7OS. The molecule has 1 amide bonds. The van der Waals surface area contributed by atoms with Crippen LogP contribution in [0.1, 0.15) is 6.42 Å². The Balaban J connectivity index is 1.38. The third-order valence-corrected chi connectivity index (χ3v) is 5.99. The van der Waals surface area contributed by atoms with Gasteiger partial charge in [0.1, 0.15) is 12.1 Å². The maximum Gasteiger partial charge on any atom is 0.224 e. The molecule has 134 valence electrons. The van der Waals surface area contributed by atoms with Gasteiger partial charge in [0.15, 0.2) is 5.65 Å². The monoisotopic (exact) mass is 361 g/mol. The molecule has 2 aromatic heterocycles. The van der Waals surface area contributed by atoms with Crippen LogP contribution in [0.2, 0.25) is 0 Å². The van der Waals surface area contributed by atoms with E-state index in [-0.39, 0.29) is 5.91 Å². The SMILES string of the molecule is Cn1ncc2c(N3CCN(C(=O)CC4CSCCN4)CC3)ncnc21. The Bertz CT molecular complexity index is 750. The Kier molecular flexibility index (Phi) is 4.76. The Morgan fingerprint density at radius 1 is 1.32 bits per heavy atom. The van der Waals surface area contributed by atoms with E-state index in [1.54, 1.807) is 11.0 Å². The summed E-state index contributed by atoms with van der Waals surface area (Å²) < 4.78 is 1.76. The molecule has 2 saturated heterocycles. The number of aryl methyl sites for hydroxylation is 1. The molecule has 8 nitrogen and oxygen atoms in total. The zero-order valence-corrected chi connectivity index (χ0v) is 15.2. The van der Waals surface area contributed by atoms with Crippen LogP contribution in [0.5, 0.6) is 0 Å². The van der Waals surface area contributed by atoms with E-state index in [1.165, 1.54) is 0 Å². The fourth-order valence-electron chi connectivity index (χ4n) is 3.46. The number of nitrogens with zero attached hydrogens (tertiary/aromatic N) is 6. The molecule has 9 heteroatoms. The molecule has 4 rings (SSSR count). The Labute approximate surface area is 151 Å². The molecule has 0 radical (unpaired) electrons. The maximum atomic E-state index is 12.5. The van der Waals surface area contributed by atoms with Gasteiger partial charge in [-0.3, -0.25) is 9.48 Å². The topological polar surface area (TPSA) is 79.2 Å². The first-order chi connectivity index (χ1) is 12.2. The van der Waals surface area contributed by atoms with E-state index in [2.05, 4.69) is 25.3 Å². The van der Waals surface area contributed by atoms with Crippen molar-refractivity contribution in [1.82, 2.24) is 30.0 Å². The molecule has 2 fully saturated rings. The van der Waals surface area contributed by atoms with Crippen molar-refractivity contribution in [3.05, 3.63) is 12.5 Å². The van der Waals surface area contributed by atoms with Gasteiger partial charge in [0.25, 0.3) is 0 Å². The third kappa shape index (κ3) is 3.43. The number of nitrogens with one attached hydrogen (secondary N) is 1. The van der Waals surface area contributed by atoms with Crippen molar-refractivity contribution >= 4 is 34.5 Å². The van der Waals surface area contributed by atoms with Crippen LogP contribution >= 0.6 is 11.8 Å². The van der Waals surface area contributed by atoms with Gasteiger partial charge in [-0.1, -0.05) is 0 Å². The summed E-state index contributed by atoms with van der Waals surface area (Å²) in [6, 6.07) is 0.321. The van der Waals surface area contributed by atoms with Crippen LogP contribution in [0, 0.1) is 0 Å². The minimum absolute atomic E-state index is 0.258. The number of hydrogen-bond donors (Lipinski definition) is 1. The van der Waals surface area contributed by atoms with Gasteiger partial charge in [-0.2, -0.15) is 16.9 Å². The molecule has 4 heterocycles. The first-order valence-corrected chi connectivity index (χ1v) is 9.84. The molecule has 1 atom stereocenters. The number of carbonyl (C=O) groups excluding carboxylic acids is 1. The average molecular weight is 361 g/mol. The second-order valence-electron chi connectivity index (χ2n) is 6.50. The van der Waals surface area contributed by atoms with Gasteiger partial charge in [0.2, 0.25) is 5.91 Å². The largest absolute Gasteiger partial charge is 0.352 e. The summed E-state index contributed by atoms with van der Waals surface area (Å²) in [5, 5.41) is 8.68. The summed E-state index contributed by atoms with van der Waals surface area (Å²) in [5.74, 6) is 3.35. The number of amides is 1. The number of hydrogen-bond acceptors (Lipinski definition) is 7. The smallest absolute Gasteiger partial charge is 0.224 e. The zero-order chi connectivity index (χ0) is 17.2. The van der Waals surface area contributed by atoms with E-state index < -0.39 is 0 Å². The highest BCUT2D eigenvalue weighted by atomic mass is 32.2. The second kappa shape index (κ2) is 7.17. The maximum absolute atomic E-state index is 12.5. The number of thioether (sulfide) groups is 1. The van der Waals surface area contributed by atoms with Crippen LogP contribution in [-0.4, -0.2) is 80.8 Å². The van der Waals surface area contributed by atoms with Crippen molar-refractivity contribution in [2.75, 3.05) is 49.1 Å². The molecule has 2 aliphatic heterocycles. The lowest BCUT2D eigenvalue weighted by Crippen LogP contribution is -2.51. The van der Waals surface area contributed by atoms with Crippen molar-refractivity contribution in [1.29, 1.82) is 0 Å². The van der Waals surface area contributed by atoms with E-state index in [9.17, 15) is 4.79 Å². The number of piperazine rings is 1. The zero-order valence-electron chi connectivity index (χ0n) is 14.4. The molecule has 1 N–H and O–H groups in total. The molecule has 0 spiro atoms. The van der Waals surface area contributed by atoms with Crippen LogP contribution in [-0.2, 0) is 11.8 Å². The van der Waals surface area contributed by atoms with Crippen LogP contribution in [0.15, 0.2) is 12.5 Å². The summed E-state index contributed by atoms with van der Waals surface area (Å²) >= 11 is 1.93. The Morgan fingerprint density at radius 3 is 2.92 bits per heavy atom. The normalized spacial score (nSPS) is 21.7. The van der Waals surface area contributed by atoms with Crippen molar-refractivity contribution in [3.63, 3.8) is 0 Å². The quantitative estimate of drug-likeness (QED) is 0.831. The van der Waals surface area contributed by atoms with Crippen molar-refractivity contribution < 1.29 is 4.79 Å². The number of carbonyl (C=O) groups is 1. The highest BCUT2D eigenvalue weighted by Gasteiger charge is 2.26. The first kappa shape index (κ1) is 16.6. The summed E-state index contributed by atoms with van der Waals surface area (Å²) in [4.78, 5) is 25.5. The summed E-state index contributed by atoms with van der Waals surface area (Å²) in [6.45, 7) is 4.07. The van der Waals surface area contributed by atoms with Crippen molar-refractivity contribution in [2.24, 2.45) is 7.05 Å². The lowest BCUT2D eigenvalue weighted by molar-refractivity contribution is -0.131. The third-order valence-electron chi connectivity index (χ3n) is 4.86. The molecule has 0 aromatic carbocycles. The van der Waals surface area contributed by atoms with E-state index >= 15 is 0 Å². The summed E-state index contributed by atoms with van der Waals surface area (Å²) in [7, 11) is 1.88. The molecule has 25 heavy (non-hydrogen) atoms. The summed E-state index contributed by atoms with van der Waals surface area (Å²) in [6.07, 6.45) is 4.01. The van der Waals surface area contributed by atoms with Gasteiger partial charge in [0.05, 0.1) is 11.6 Å². The van der Waals surface area contributed by atoms with E-state index in [0.717, 1.165) is 61.1 Å². The molecule has 0 aliphatic carbocycles. The molecule has 2 aromatic rings. The molecule has 2 aliphatic rings. The van der Waals surface area contributed by atoms with Gasteiger partial charge in [-0.05, 0) is 0 Å². The predicted molar refractivity (Wildman–Crippen MR) is 98.8 cm³/mol. The molecule has 0 saturated carbocycles. The fraction of sp³-hybridized carbons (Fsp3) is 0.625. The summed E-state index contributed by atoms with van der Waals surface area (Å²) in [5.41, 5.74) is 0.837. The number of rotatable bonds is 3. The van der Waals surface area contributed by atoms with Crippen LogP contribution in [0.4, 0.5) is 5.82 Å². The van der Waals surface area contributed by atoms with Crippen LogP contribution in [0.3, 0.4) is 0 Å². The molecule has 0 bridgehead atoms. The fourth-order valence-corrected chi connectivity index (χ4v) is 4.41. The average Bonchev–Trinajstić information content (AvgIpc) is 3.04. The second-order valence-corrected chi connectivity index (χ2v) is 7.65. The Hall–Kier alpha value is -1.87. The minimum atomic E-state index is 0.258. The van der Waals surface area contributed by atoms with Gasteiger partial charge in [0, 0.05) is 63.7 Å². The number of aromatic nitrogens is 4. The first-order valence-electron chi connectivity index (χ1n) is 8.69. The predicted octanol–water partition coefficient (Wildman–Crippen LogP) is 0.107. The van der Waals surface area contributed by atoms with Gasteiger partial charge in [-0.15, -0.1) is 0 Å². The van der Waals surface area contributed by atoms with E-state index in [1.807, 2.05) is 29.9 Å². The van der Waals surface area contributed by atoms with Gasteiger partial charge < -0.3 is 15.1 Å². The lowest BCUT2D eigenvalue weighted by Gasteiger charge is -2.36. The molecular weight excluding hydrogens is 338 g/mol. The molecule has 1 unspecified atom stereocenters. The van der Waals surface area contributed by atoms with Crippen LogP contribution < -0.4 is 10.2 Å². The van der Waals surface area contributed by atoms with Gasteiger partial charge in [-0.25, -0.2) is 9.97 Å². The van der Waals surface area contributed by atoms with Crippen LogP contribution in [0.25, 0.3) is 11.0 Å². The highest BCUT2D eigenvalue weighted by molar-refractivity contribution is 7.99. The lowest BCUT2D eigenvalue weighted by atomic mass is 10.2. The van der Waals surface area contributed by atoms with Gasteiger partial charge >= 0.3 is 0 Å². The van der Waals surface area contributed by atoms with E-state index in [4.69, 9.17) is 0 Å².